The molecule has 1 aliphatic rings. The van der Waals surface area contributed by atoms with Gasteiger partial charge in [0.25, 0.3) is 0 Å². The molecule has 4 nitrogen and oxygen atoms in total. The second-order valence-corrected chi connectivity index (χ2v) is 13.4. The van der Waals surface area contributed by atoms with Gasteiger partial charge in [-0.3, -0.25) is 19.2 Å². The Kier molecular flexibility index (Phi) is 13.1. The van der Waals surface area contributed by atoms with Crippen LogP contribution in [-0.2, 0) is 21.4 Å². The molecule has 3 rings (SSSR count). The number of carbonyl (C=O) groups excluding carboxylic acids is 4. The number of benzene rings is 2. The normalized spacial score (nSPS) is 16.1. The molecule has 0 heterocycles. The number of hydrogen-bond acceptors (Lipinski definition) is 4. The molecule has 2 aromatic carbocycles. The van der Waals surface area contributed by atoms with E-state index in [0.717, 1.165) is 59.1 Å². The molecular formula is C38H54O4. The van der Waals surface area contributed by atoms with Crippen LogP contribution in [0.4, 0.5) is 0 Å². The fraction of sp³-hybridized carbons (Fsp3) is 0.579. The third-order valence-electron chi connectivity index (χ3n) is 8.47. The Morgan fingerprint density at radius 1 is 0.976 bits per heavy atom. The van der Waals surface area contributed by atoms with Crippen LogP contribution in [0.1, 0.15) is 145 Å². The summed E-state index contributed by atoms with van der Waals surface area (Å²) in [5.41, 5.74) is 6.65. The van der Waals surface area contributed by atoms with Crippen molar-refractivity contribution >= 4 is 23.1 Å². The first-order valence-corrected chi connectivity index (χ1v) is 16.0. The lowest BCUT2D eigenvalue weighted by Crippen LogP contribution is -2.30. The third kappa shape index (κ3) is 8.82. The molecule has 42 heavy (non-hydrogen) atoms. The van der Waals surface area contributed by atoms with Gasteiger partial charge in [-0.25, -0.2) is 0 Å². The van der Waals surface area contributed by atoms with Gasteiger partial charge >= 0.3 is 0 Å². The highest BCUT2D eigenvalue weighted by molar-refractivity contribution is 6.03. The summed E-state index contributed by atoms with van der Waals surface area (Å²) >= 11 is 0. The molecule has 0 aromatic heterocycles. The van der Waals surface area contributed by atoms with Crippen LogP contribution in [0.5, 0.6) is 0 Å². The Bertz CT molecular complexity index is 1280. The van der Waals surface area contributed by atoms with Crippen LogP contribution < -0.4 is 0 Å². The number of carbonyl (C=O) groups is 4. The van der Waals surface area contributed by atoms with Gasteiger partial charge < -0.3 is 0 Å². The van der Waals surface area contributed by atoms with E-state index < -0.39 is 0 Å². The lowest BCUT2D eigenvalue weighted by molar-refractivity contribution is -0.129. The second-order valence-electron chi connectivity index (χ2n) is 13.4. The first-order chi connectivity index (χ1) is 19.7. The lowest BCUT2D eigenvalue weighted by atomic mass is 9.69. The number of ketones is 4. The monoisotopic (exact) mass is 574 g/mol. The van der Waals surface area contributed by atoms with Crippen LogP contribution in [-0.4, -0.2) is 23.1 Å². The first-order valence-electron chi connectivity index (χ1n) is 16.0. The molecule has 0 bridgehead atoms. The number of fused-ring (bicyclic) bond motifs is 1. The van der Waals surface area contributed by atoms with Gasteiger partial charge in [0.2, 0.25) is 0 Å². The average Bonchev–Trinajstić information content (AvgIpc) is 2.88. The molecule has 0 amide bonds. The molecule has 2 aromatic rings. The van der Waals surface area contributed by atoms with Crippen molar-refractivity contribution in [2.75, 3.05) is 0 Å². The molecule has 0 radical (unpaired) electrons. The van der Waals surface area contributed by atoms with Gasteiger partial charge in [-0.15, -0.1) is 0 Å². The summed E-state index contributed by atoms with van der Waals surface area (Å²) in [4.78, 5) is 50.7. The summed E-state index contributed by atoms with van der Waals surface area (Å²) in [6, 6.07) is 9.97. The van der Waals surface area contributed by atoms with Gasteiger partial charge in [-0.05, 0) is 91.2 Å². The SMILES string of the molecule is CCC.CCCC(CC1CC(=O)c2c(C)c(C(C)(C)C)cc(-c3cccc(C(C)=O)c3)c2C1)C(CC)C(=O)CC(C)=O. The van der Waals surface area contributed by atoms with Crippen molar-refractivity contribution in [3.63, 3.8) is 0 Å². The summed E-state index contributed by atoms with van der Waals surface area (Å²) in [5.74, 6) is 0.290. The minimum absolute atomic E-state index is 0.00341. The van der Waals surface area contributed by atoms with Gasteiger partial charge in [0, 0.05) is 23.5 Å². The summed E-state index contributed by atoms with van der Waals surface area (Å²) in [5, 5.41) is 0. The van der Waals surface area contributed by atoms with Crippen molar-refractivity contribution in [1.29, 1.82) is 0 Å². The van der Waals surface area contributed by atoms with Crippen molar-refractivity contribution in [2.24, 2.45) is 17.8 Å². The molecule has 4 heteroatoms. The molecule has 0 saturated heterocycles. The molecule has 0 aliphatic heterocycles. The predicted molar refractivity (Wildman–Crippen MR) is 175 cm³/mol. The van der Waals surface area contributed by atoms with E-state index >= 15 is 0 Å². The largest absolute Gasteiger partial charge is 0.300 e. The van der Waals surface area contributed by atoms with Crippen molar-refractivity contribution in [2.45, 2.75) is 126 Å². The number of Topliss-reactive ketones (excluding diaryl/α,β-unsaturated/α-hetero) is 4. The Labute approximate surface area is 255 Å². The van der Waals surface area contributed by atoms with Crippen LogP contribution in [0.2, 0.25) is 0 Å². The van der Waals surface area contributed by atoms with Crippen molar-refractivity contribution in [1.82, 2.24) is 0 Å². The summed E-state index contributed by atoms with van der Waals surface area (Å²) in [6.07, 6.45) is 5.88. The van der Waals surface area contributed by atoms with Crippen molar-refractivity contribution in [3.05, 3.63) is 58.1 Å². The van der Waals surface area contributed by atoms with Crippen molar-refractivity contribution in [3.8, 4) is 11.1 Å². The maximum absolute atomic E-state index is 13.8. The second kappa shape index (κ2) is 15.5. The van der Waals surface area contributed by atoms with Crippen LogP contribution in [0.25, 0.3) is 11.1 Å². The highest BCUT2D eigenvalue weighted by Crippen LogP contribution is 2.43. The van der Waals surface area contributed by atoms with E-state index in [4.69, 9.17) is 0 Å². The fourth-order valence-electron chi connectivity index (χ4n) is 6.74. The van der Waals surface area contributed by atoms with Crippen molar-refractivity contribution < 1.29 is 19.2 Å². The molecule has 0 spiro atoms. The highest BCUT2D eigenvalue weighted by atomic mass is 16.1. The van der Waals surface area contributed by atoms with Gasteiger partial charge in [-0.1, -0.05) is 92.0 Å². The summed E-state index contributed by atoms with van der Waals surface area (Å²) in [7, 11) is 0. The molecule has 0 saturated carbocycles. The molecule has 3 atom stereocenters. The standard InChI is InChI=1S/C35H46O4.C3H8/c1-9-12-26(28(10-2)32(38)15-21(3)36)16-24-17-30-29(27-14-11-13-25(19-27)23(5)37)20-31(35(6,7)8)22(4)34(30)33(39)18-24;1-3-2/h11,13-14,19-20,24,26,28H,9-10,12,15-18H2,1-8H3;3H2,1-2H3. The zero-order valence-corrected chi connectivity index (χ0v) is 27.9. The van der Waals surface area contributed by atoms with E-state index in [1.54, 1.807) is 6.92 Å². The molecule has 0 N–H and O–H groups in total. The maximum atomic E-state index is 13.8. The molecular weight excluding hydrogens is 520 g/mol. The van der Waals surface area contributed by atoms with E-state index in [0.29, 0.717) is 18.4 Å². The Morgan fingerprint density at radius 3 is 2.14 bits per heavy atom. The first kappa shape index (κ1) is 35.3. The maximum Gasteiger partial charge on any atom is 0.163 e. The molecule has 0 fully saturated rings. The Hall–Kier alpha value is -2.88. The van der Waals surface area contributed by atoms with Crippen LogP contribution in [0.3, 0.4) is 0 Å². The fourth-order valence-corrected chi connectivity index (χ4v) is 6.74. The van der Waals surface area contributed by atoms with Crippen LogP contribution in [0, 0.1) is 24.7 Å². The van der Waals surface area contributed by atoms with Gasteiger partial charge in [0.05, 0.1) is 6.42 Å². The van der Waals surface area contributed by atoms with E-state index in [1.165, 1.54) is 13.3 Å². The zero-order valence-electron chi connectivity index (χ0n) is 27.9. The van der Waals surface area contributed by atoms with Gasteiger partial charge in [0.1, 0.15) is 11.6 Å². The lowest BCUT2D eigenvalue weighted by Gasteiger charge is -2.34. The Balaban J connectivity index is 0.00000197. The molecule has 3 unspecified atom stereocenters. The van der Waals surface area contributed by atoms with E-state index in [2.05, 4.69) is 54.5 Å². The molecule has 1 aliphatic carbocycles. The van der Waals surface area contributed by atoms with Gasteiger partial charge in [-0.2, -0.15) is 0 Å². The topological polar surface area (TPSA) is 68.3 Å². The quantitative estimate of drug-likeness (QED) is 0.198. The predicted octanol–water partition coefficient (Wildman–Crippen LogP) is 9.70. The summed E-state index contributed by atoms with van der Waals surface area (Å²) in [6.45, 7) is 20.1. The van der Waals surface area contributed by atoms with Crippen LogP contribution in [0.15, 0.2) is 30.3 Å². The summed E-state index contributed by atoms with van der Waals surface area (Å²) < 4.78 is 0. The molecule has 230 valence electrons. The third-order valence-corrected chi connectivity index (χ3v) is 8.47. The van der Waals surface area contributed by atoms with E-state index in [1.807, 2.05) is 31.2 Å². The highest BCUT2D eigenvalue weighted by Gasteiger charge is 2.35. The van der Waals surface area contributed by atoms with E-state index in [-0.39, 0.29) is 52.7 Å². The Morgan fingerprint density at radius 2 is 1.62 bits per heavy atom. The minimum atomic E-state index is -0.151. The zero-order chi connectivity index (χ0) is 31.8. The number of hydrogen-bond donors (Lipinski definition) is 0. The average molecular weight is 575 g/mol. The van der Waals surface area contributed by atoms with E-state index in [9.17, 15) is 19.2 Å². The van der Waals surface area contributed by atoms with Gasteiger partial charge in [0.15, 0.2) is 11.6 Å². The van der Waals surface area contributed by atoms with Crippen LogP contribution >= 0.6 is 0 Å². The smallest absolute Gasteiger partial charge is 0.163 e. The number of rotatable bonds is 11. The minimum Gasteiger partial charge on any atom is -0.300 e.